The molecular weight excluding hydrogens is 380 g/mol. The van der Waals surface area contributed by atoms with E-state index in [0.717, 1.165) is 5.56 Å². The molecule has 2 aromatic carbocycles. The lowest BCUT2D eigenvalue weighted by Gasteiger charge is -2.12. The van der Waals surface area contributed by atoms with Gasteiger partial charge >= 0.3 is 0 Å². The fourth-order valence-corrected chi connectivity index (χ4v) is 2.66. The van der Waals surface area contributed by atoms with Crippen molar-refractivity contribution in [1.29, 1.82) is 0 Å². The van der Waals surface area contributed by atoms with Crippen molar-refractivity contribution in [1.82, 2.24) is 15.3 Å². The smallest absolute Gasteiger partial charge is 0.254 e. The summed E-state index contributed by atoms with van der Waals surface area (Å²) in [5, 5.41) is 6.45. The number of carbonyl (C=O) groups excluding carboxylic acids is 1. The molecule has 0 radical (unpaired) electrons. The minimum atomic E-state index is -0.287. The Morgan fingerprint density at radius 1 is 1.07 bits per heavy atom. The largest absolute Gasteiger partial charge is 0.497 e. The maximum Gasteiger partial charge on any atom is 0.254 e. The molecule has 8 heteroatoms. The molecule has 28 heavy (non-hydrogen) atoms. The standard InChI is InChI=1S/C20H19ClN4O3/c1-27-15-7-8-18(28-2)17(9-15)25-20-23-11-14(12-24-20)19(26)22-10-13-5-3-4-6-16(13)21/h3-9,11-12H,10H2,1-2H3,(H,22,26)(H,23,24,25). The highest BCUT2D eigenvalue weighted by molar-refractivity contribution is 6.31. The SMILES string of the molecule is COc1ccc(OC)c(Nc2ncc(C(=O)NCc3ccccc3Cl)cn2)c1. The lowest BCUT2D eigenvalue weighted by Crippen LogP contribution is -2.23. The summed E-state index contributed by atoms with van der Waals surface area (Å²) in [4.78, 5) is 20.7. The monoisotopic (exact) mass is 398 g/mol. The van der Waals surface area contributed by atoms with Gasteiger partial charge in [-0.25, -0.2) is 9.97 Å². The number of rotatable bonds is 7. The first-order valence-electron chi connectivity index (χ1n) is 8.43. The maximum atomic E-state index is 12.3. The zero-order valence-corrected chi connectivity index (χ0v) is 16.2. The third-order valence-corrected chi connectivity index (χ3v) is 4.33. The summed E-state index contributed by atoms with van der Waals surface area (Å²) in [5.41, 5.74) is 1.83. The number of nitrogens with zero attached hydrogens (tertiary/aromatic N) is 2. The molecule has 0 aliphatic heterocycles. The maximum absolute atomic E-state index is 12.3. The number of ether oxygens (including phenoxy) is 2. The zero-order valence-electron chi connectivity index (χ0n) is 15.4. The van der Waals surface area contributed by atoms with E-state index in [-0.39, 0.29) is 5.91 Å². The molecule has 144 valence electrons. The Bertz CT molecular complexity index is 964. The quantitative estimate of drug-likeness (QED) is 0.629. The summed E-state index contributed by atoms with van der Waals surface area (Å²) in [7, 11) is 3.15. The molecule has 1 aromatic heterocycles. The summed E-state index contributed by atoms with van der Waals surface area (Å²) in [6.07, 6.45) is 2.90. The van der Waals surface area contributed by atoms with Crippen molar-refractivity contribution in [2.75, 3.05) is 19.5 Å². The first kappa shape index (κ1) is 19.4. The molecule has 0 atom stereocenters. The number of benzene rings is 2. The molecule has 0 aliphatic rings. The van der Waals surface area contributed by atoms with Gasteiger partial charge in [0.1, 0.15) is 11.5 Å². The van der Waals surface area contributed by atoms with E-state index >= 15 is 0 Å². The van der Waals surface area contributed by atoms with Crippen LogP contribution in [-0.4, -0.2) is 30.1 Å². The second-order valence-corrected chi connectivity index (χ2v) is 6.17. The van der Waals surface area contributed by atoms with Gasteiger partial charge in [-0.1, -0.05) is 29.8 Å². The molecule has 3 aromatic rings. The van der Waals surface area contributed by atoms with Gasteiger partial charge in [-0.15, -0.1) is 0 Å². The van der Waals surface area contributed by atoms with Gasteiger partial charge in [0.25, 0.3) is 5.91 Å². The van der Waals surface area contributed by atoms with Gasteiger partial charge in [0.05, 0.1) is 25.5 Å². The number of hydrogen-bond acceptors (Lipinski definition) is 6. The van der Waals surface area contributed by atoms with Crippen molar-refractivity contribution in [3.8, 4) is 11.5 Å². The molecular formula is C20H19ClN4O3. The Balaban J connectivity index is 1.66. The number of amides is 1. The van der Waals surface area contributed by atoms with Crippen molar-refractivity contribution in [2.45, 2.75) is 6.54 Å². The van der Waals surface area contributed by atoms with Gasteiger partial charge in [0.2, 0.25) is 5.95 Å². The molecule has 0 saturated carbocycles. The Labute approximate surface area is 167 Å². The van der Waals surface area contributed by atoms with Crippen molar-refractivity contribution >= 4 is 29.1 Å². The number of methoxy groups -OCH3 is 2. The van der Waals surface area contributed by atoms with E-state index in [2.05, 4.69) is 20.6 Å². The van der Waals surface area contributed by atoms with Crippen molar-refractivity contribution < 1.29 is 14.3 Å². The Morgan fingerprint density at radius 3 is 2.50 bits per heavy atom. The van der Waals surface area contributed by atoms with Crippen LogP contribution >= 0.6 is 11.6 Å². The molecule has 0 saturated heterocycles. The summed E-state index contributed by atoms with van der Waals surface area (Å²) in [6, 6.07) is 12.7. The van der Waals surface area contributed by atoms with Crippen LogP contribution in [0.25, 0.3) is 0 Å². The van der Waals surface area contributed by atoms with Crippen molar-refractivity contribution in [2.24, 2.45) is 0 Å². The average molecular weight is 399 g/mol. The molecule has 1 amide bonds. The van der Waals surface area contributed by atoms with Crippen molar-refractivity contribution in [3.05, 3.63) is 71.0 Å². The second-order valence-electron chi connectivity index (χ2n) is 5.76. The summed E-state index contributed by atoms with van der Waals surface area (Å²) < 4.78 is 10.5. The van der Waals surface area contributed by atoms with E-state index in [1.165, 1.54) is 12.4 Å². The number of nitrogens with one attached hydrogen (secondary N) is 2. The van der Waals surface area contributed by atoms with Gasteiger partial charge in [0.15, 0.2) is 0 Å². The van der Waals surface area contributed by atoms with Gasteiger partial charge in [-0.2, -0.15) is 0 Å². The van der Waals surface area contributed by atoms with Crippen LogP contribution in [0.1, 0.15) is 15.9 Å². The van der Waals surface area contributed by atoms with E-state index in [4.69, 9.17) is 21.1 Å². The minimum Gasteiger partial charge on any atom is -0.497 e. The van der Waals surface area contributed by atoms with Crippen molar-refractivity contribution in [3.63, 3.8) is 0 Å². The number of halogens is 1. The molecule has 7 nitrogen and oxygen atoms in total. The van der Waals surface area contributed by atoms with Crippen LogP contribution in [-0.2, 0) is 6.54 Å². The Hall–Kier alpha value is -3.32. The second kappa shape index (κ2) is 9.05. The van der Waals surface area contributed by atoms with Crippen LogP contribution in [0.2, 0.25) is 5.02 Å². The van der Waals surface area contributed by atoms with Gasteiger partial charge < -0.3 is 20.1 Å². The molecule has 0 spiro atoms. The minimum absolute atomic E-state index is 0.287. The van der Waals surface area contributed by atoms with Gasteiger partial charge in [-0.05, 0) is 23.8 Å². The highest BCUT2D eigenvalue weighted by atomic mass is 35.5. The molecule has 0 fully saturated rings. The highest BCUT2D eigenvalue weighted by Gasteiger charge is 2.10. The van der Waals surface area contributed by atoms with E-state index in [1.807, 2.05) is 18.2 Å². The molecule has 0 aliphatic carbocycles. The van der Waals surface area contributed by atoms with E-state index in [9.17, 15) is 4.79 Å². The lowest BCUT2D eigenvalue weighted by atomic mass is 10.2. The summed E-state index contributed by atoms with van der Waals surface area (Å²) >= 11 is 6.09. The third-order valence-electron chi connectivity index (χ3n) is 3.96. The fraction of sp³-hybridized carbons (Fsp3) is 0.150. The summed E-state index contributed by atoms with van der Waals surface area (Å²) in [5.74, 6) is 1.32. The van der Waals surface area contributed by atoms with Crippen LogP contribution < -0.4 is 20.1 Å². The lowest BCUT2D eigenvalue weighted by molar-refractivity contribution is 0.0950. The van der Waals surface area contributed by atoms with Crippen LogP contribution in [0.15, 0.2) is 54.9 Å². The number of anilines is 2. The third kappa shape index (κ3) is 4.69. The topological polar surface area (TPSA) is 85.4 Å². The Kier molecular flexibility index (Phi) is 6.29. The predicted octanol–water partition coefficient (Wildman–Crippen LogP) is 3.82. The van der Waals surface area contributed by atoms with E-state index < -0.39 is 0 Å². The summed E-state index contributed by atoms with van der Waals surface area (Å²) in [6.45, 7) is 0.319. The molecule has 3 rings (SSSR count). The van der Waals surface area contributed by atoms with E-state index in [0.29, 0.717) is 40.3 Å². The molecule has 1 heterocycles. The predicted molar refractivity (Wildman–Crippen MR) is 107 cm³/mol. The van der Waals surface area contributed by atoms with Gasteiger partial charge in [-0.3, -0.25) is 4.79 Å². The van der Waals surface area contributed by atoms with Gasteiger partial charge in [0, 0.05) is 30.0 Å². The number of aromatic nitrogens is 2. The fourth-order valence-electron chi connectivity index (χ4n) is 2.46. The highest BCUT2D eigenvalue weighted by Crippen LogP contribution is 2.30. The average Bonchev–Trinajstić information content (AvgIpc) is 2.73. The normalized spacial score (nSPS) is 10.2. The molecule has 0 unspecified atom stereocenters. The van der Waals surface area contributed by atoms with Crippen LogP contribution in [0.4, 0.5) is 11.6 Å². The molecule has 0 bridgehead atoms. The first-order chi connectivity index (χ1) is 13.6. The zero-order chi connectivity index (χ0) is 19.9. The van der Waals surface area contributed by atoms with E-state index in [1.54, 1.807) is 38.5 Å². The first-order valence-corrected chi connectivity index (χ1v) is 8.81. The number of carbonyl (C=O) groups is 1. The number of hydrogen-bond donors (Lipinski definition) is 2. The van der Waals surface area contributed by atoms with Crippen LogP contribution in [0, 0.1) is 0 Å². The Morgan fingerprint density at radius 2 is 1.82 bits per heavy atom. The van der Waals surface area contributed by atoms with Crippen LogP contribution in [0.5, 0.6) is 11.5 Å². The molecule has 2 N–H and O–H groups in total. The van der Waals surface area contributed by atoms with Crippen LogP contribution in [0.3, 0.4) is 0 Å².